The lowest BCUT2D eigenvalue weighted by Gasteiger charge is -2.15. The van der Waals surface area contributed by atoms with Crippen LogP contribution < -0.4 is 5.73 Å². The number of rotatable bonds is 1. The molecule has 0 saturated heterocycles. The predicted molar refractivity (Wildman–Crippen MR) is 71.0 cm³/mol. The third kappa shape index (κ3) is 2.72. The van der Waals surface area contributed by atoms with E-state index in [9.17, 15) is 17.6 Å². The van der Waals surface area contributed by atoms with E-state index in [0.29, 0.717) is 0 Å². The Bertz CT molecular complexity index is 665. The van der Waals surface area contributed by atoms with Crippen LogP contribution in [0.5, 0.6) is 0 Å². The first-order chi connectivity index (χ1) is 9.20. The van der Waals surface area contributed by atoms with Crippen LogP contribution in [0.25, 0.3) is 11.1 Å². The molecule has 2 aromatic carbocycles. The third-order valence-electron chi connectivity index (χ3n) is 3.01. The van der Waals surface area contributed by atoms with E-state index in [-0.39, 0.29) is 27.4 Å². The predicted octanol–water partition coefficient (Wildman–Crippen LogP) is 5.06. The molecular formula is C14H10ClF4N. The van der Waals surface area contributed by atoms with Crippen molar-refractivity contribution in [2.24, 2.45) is 0 Å². The Morgan fingerprint density at radius 1 is 1.05 bits per heavy atom. The van der Waals surface area contributed by atoms with Crippen LogP contribution in [-0.4, -0.2) is 0 Å². The summed E-state index contributed by atoms with van der Waals surface area (Å²) in [5.41, 5.74) is 5.20. The fraction of sp³-hybridized carbons (Fsp3) is 0.143. The SMILES string of the molecule is Cc1c(N)cc(-c2ccc(Cl)c(F)c2)cc1C(F)(F)F. The molecule has 0 saturated carbocycles. The Labute approximate surface area is 118 Å². The summed E-state index contributed by atoms with van der Waals surface area (Å²) in [6.07, 6.45) is -4.51. The highest BCUT2D eigenvalue weighted by Crippen LogP contribution is 2.37. The van der Waals surface area contributed by atoms with Gasteiger partial charge in [-0.15, -0.1) is 0 Å². The van der Waals surface area contributed by atoms with Gasteiger partial charge in [-0.2, -0.15) is 13.2 Å². The molecule has 0 amide bonds. The minimum atomic E-state index is -4.51. The quantitative estimate of drug-likeness (QED) is 0.578. The molecular weight excluding hydrogens is 294 g/mol. The zero-order chi connectivity index (χ0) is 15.1. The Balaban J connectivity index is 2.63. The van der Waals surface area contributed by atoms with Gasteiger partial charge >= 0.3 is 6.18 Å². The number of nitrogens with two attached hydrogens (primary N) is 1. The minimum Gasteiger partial charge on any atom is -0.398 e. The van der Waals surface area contributed by atoms with Gasteiger partial charge in [-0.25, -0.2) is 4.39 Å². The molecule has 0 spiro atoms. The molecule has 0 unspecified atom stereocenters. The molecule has 1 nitrogen and oxygen atoms in total. The van der Waals surface area contributed by atoms with E-state index in [0.717, 1.165) is 12.1 Å². The number of hydrogen-bond acceptors (Lipinski definition) is 1. The van der Waals surface area contributed by atoms with Crippen molar-refractivity contribution in [3.8, 4) is 11.1 Å². The lowest BCUT2D eigenvalue weighted by atomic mass is 9.98. The number of alkyl halides is 3. The van der Waals surface area contributed by atoms with E-state index in [2.05, 4.69) is 0 Å². The van der Waals surface area contributed by atoms with Crippen molar-refractivity contribution >= 4 is 17.3 Å². The van der Waals surface area contributed by atoms with Crippen molar-refractivity contribution in [1.29, 1.82) is 0 Å². The molecule has 106 valence electrons. The van der Waals surface area contributed by atoms with Gasteiger partial charge in [-0.05, 0) is 47.9 Å². The molecule has 0 heterocycles. The Kier molecular flexibility index (Phi) is 3.65. The van der Waals surface area contributed by atoms with Crippen LogP contribution in [0.15, 0.2) is 30.3 Å². The lowest BCUT2D eigenvalue weighted by molar-refractivity contribution is -0.137. The number of halogens is 5. The summed E-state index contributed by atoms with van der Waals surface area (Å²) in [6.45, 7) is 1.30. The van der Waals surface area contributed by atoms with E-state index in [1.165, 1.54) is 25.1 Å². The number of benzene rings is 2. The Morgan fingerprint density at radius 2 is 1.70 bits per heavy atom. The van der Waals surface area contributed by atoms with E-state index in [4.69, 9.17) is 17.3 Å². The maximum absolute atomic E-state index is 13.4. The Morgan fingerprint density at radius 3 is 2.25 bits per heavy atom. The van der Waals surface area contributed by atoms with Crippen LogP contribution in [-0.2, 0) is 6.18 Å². The molecule has 0 fully saturated rings. The first kappa shape index (κ1) is 14.7. The number of anilines is 1. The monoisotopic (exact) mass is 303 g/mol. The fourth-order valence-electron chi connectivity index (χ4n) is 1.87. The van der Waals surface area contributed by atoms with Crippen molar-refractivity contribution in [1.82, 2.24) is 0 Å². The highest BCUT2D eigenvalue weighted by atomic mass is 35.5. The number of hydrogen-bond donors (Lipinski definition) is 1. The van der Waals surface area contributed by atoms with Crippen molar-refractivity contribution in [3.63, 3.8) is 0 Å². The average molecular weight is 304 g/mol. The first-order valence-corrected chi connectivity index (χ1v) is 6.00. The van der Waals surface area contributed by atoms with Gasteiger partial charge in [-0.3, -0.25) is 0 Å². The molecule has 2 aromatic rings. The van der Waals surface area contributed by atoms with Crippen LogP contribution in [0.2, 0.25) is 5.02 Å². The molecule has 0 aliphatic rings. The van der Waals surface area contributed by atoms with Gasteiger partial charge in [0, 0.05) is 5.69 Å². The van der Waals surface area contributed by atoms with Gasteiger partial charge < -0.3 is 5.73 Å². The van der Waals surface area contributed by atoms with Gasteiger partial charge in [0.2, 0.25) is 0 Å². The van der Waals surface area contributed by atoms with Crippen LogP contribution >= 0.6 is 11.6 Å². The second-order valence-corrected chi connectivity index (χ2v) is 4.77. The second kappa shape index (κ2) is 4.98. The van der Waals surface area contributed by atoms with Gasteiger partial charge in [0.05, 0.1) is 10.6 Å². The molecule has 0 aliphatic heterocycles. The van der Waals surface area contributed by atoms with Crippen LogP contribution in [0.3, 0.4) is 0 Å². The number of nitrogen functional groups attached to an aromatic ring is 1. The largest absolute Gasteiger partial charge is 0.416 e. The highest BCUT2D eigenvalue weighted by molar-refractivity contribution is 6.30. The van der Waals surface area contributed by atoms with Crippen molar-refractivity contribution in [2.75, 3.05) is 5.73 Å². The summed E-state index contributed by atoms with van der Waals surface area (Å²) >= 11 is 5.55. The maximum atomic E-state index is 13.4. The fourth-order valence-corrected chi connectivity index (χ4v) is 1.99. The van der Waals surface area contributed by atoms with Crippen LogP contribution in [0.1, 0.15) is 11.1 Å². The van der Waals surface area contributed by atoms with Crippen molar-refractivity contribution in [2.45, 2.75) is 13.1 Å². The zero-order valence-corrected chi connectivity index (χ0v) is 11.1. The van der Waals surface area contributed by atoms with E-state index < -0.39 is 17.6 Å². The second-order valence-electron chi connectivity index (χ2n) is 4.36. The normalized spacial score (nSPS) is 11.7. The summed E-state index contributed by atoms with van der Waals surface area (Å²) in [4.78, 5) is 0. The maximum Gasteiger partial charge on any atom is 0.416 e. The smallest absolute Gasteiger partial charge is 0.398 e. The summed E-state index contributed by atoms with van der Waals surface area (Å²) in [5.74, 6) is -0.697. The molecule has 0 radical (unpaired) electrons. The molecule has 0 bridgehead atoms. The Hall–Kier alpha value is -1.75. The molecule has 20 heavy (non-hydrogen) atoms. The van der Waals surface area contributed by atoms with E-state index in [1.54, 1.807) is 0 Å². The van der Waals surface area contributed by atoms with Crippen LogP contribution in [0.4, 0.5) is 23.2 Å². The summed E-state index contributed by atoms with van der Waals surface area (Å²) in [5, 5.41) is -0.0927. The summed E-state index contributed by atoms with van der Waals surface area (Å²) in [7, 11) is 0. The van der Waals surface area contributed by atoms with Gasteiger partial charge in [0.25, 0.3) is 0 Å². The van der Waals surface area contributed by atoms with Gasteiger partial charge in [0.1, 0.15) is 5.82 Å². The molecule has 2 N–H and O–H groups in total. The molecule has 2 rings (SSSR count). The van der Waals surface area contributed by atoms with E-state index >= 15 is 0 Å². The molecule has 0 atom stereocenters. The van der Waals surface area contributed by atoms with Crippen molar-refractivity contribution < 1.29 is 17.6 Å². The third-order valence-corrected chi connectivity index (χ3v) is 3.31. The molecule has 0 aliphatic carbocycles. The van der Waals surface area contributed by atoms with Crippen molar-refractivity contribution in [3.05, 3.63) is 52.3 Å². The van der Waals surface area contributed by atoms with Gasteiger partial charge in [0.15, 0.2) is 0 Å². The summed E-state index contributed by atoms with van der Waals surface area (Å²) in [6, 6.07) is 6.14. The topological polar surface area (TPSA) is 26.0 Å². The van der Waals surface area contributed by atoms with Crippen LogP contribution in [0, 0.1) is 12.7 Å². The zero-order valence-electron chi connectivity index (χ0n) is 10.4. The standard InChI is InChI=1S/C14H10ClF4N/c1-7-10(14(17,18)19)4-9(6-13(7)20)8-2-3-11(15)12(16)5-8/h2-6H,20H2,1H3. The molecule has 0 aromatic heterocycles. The minimum absolute atomic E-state index is 0.00480. The van der Waals surface area contributed by atoms with Gasteiger partial charge in [-0.1, -0.05) is 17.7 Å². The highest BCUT2D eigenvalue weighted by Gasteiger charge is 2.33. The summed E-state index contributed by atoms with van der Waals surface area (Å²) < 4.78 is 52.1. The molecule has 6 heteroatoms. The first-order valence-electron chi connectivity index (χ1n) is 5.63. The van der Waals surface area contributed by atoms with E-state index in [1.807, 2.05) is 0 Å². The average Bonchev–Trinajstić information content (AvgIpc) is 2.34. The lowest BCUT2D eigenvalue weighted by Crippen LogP contribution is -2.09.